The Balaban J connectivity index is 1.04. The molecular formula is C61H37N5S. The summed E-state index contributed by atoms with van der Waals surface area (Å²) in [6, 6.07) is 80.4. The van der Waals surface area contributed by atoms with Gasteiger partial charge in [-0.2, -0.15) is 0 Å². The Hall–Kier alpha value is -8.71. The molecule has 67 heavy (non-hydrogen) atoms. The summed E-state index contributed by atoms with van der Waals surface area (Å²) in [6.45, 7) is 0. The first-order valence-electron chi connectivity index (χ1n) is 22.6. The van der Waals surface area contributed by atoms with Crippen LogP contribution in [-0.4, -0.2) is 24.1 Å². The fourth-order valence-electron chi connectivity index (χ4n) is 10.4. The zero-order chi connectivity index (χ0) is 44.0. The Morgan fingerprint density at radius 1 is 0.328 bits per heavy atom. The van der Waals surface area contributed by atoms with Crippen molar-refractivity contribution in [3.8, 4) is 56.7 Å². The normalized spacial score (nSPS) is 11.9. The molecule has 0 bridgehead atoms. The van der Waals surface area contributed by atoms with Crippen LogP contribution < -0.4 is 0 Å². The van der Waals surface area contributed by atoms with Gasteiger partial charge in [-0.15, -0.1) is 11.3 Å². The van der Waals surface area contributed by atoms with E-state index in [-0.39, 0.29) is 0 Å². The maximum Gasteiger partial charge on any atom is 0.164 e. The smallest absolute Gasteiger partial charge is 0.164 e. The number of hydrogen-bond donors (Lipinski definition) is 0. The summed E-state index contributed by atoms with van der Waals surface area (Å²) in [5.74, 6) is 1.91. The molecule has 0 saturated carbocycles. The van der Waals surface area contributed by atoms with Gasteiger partial charge in [0.2, 0.25) is 0 Å². The van der Waals surface area contributed by atoms with Gasteiger partial charge < -0.3 is 9.13 Å². The van der Waals surface area contributed by atoms with Gasteiger partial charge in [0.05, 0.1) is 27.8 Å². The topological polar surface area (TPSA) is 48.5 Å². The molecule has 0 N–H and O–H groups in total. The van der Waals surface area contributed by atoms with E-state index in [4.69, 9.17) is 15.0 Å². The van der Waals surface area contributed by atoms with Gasteiger partial charge in [-0.3, -0.25) is 0 Å². The van der Waals surface area contributed by atoms with E-state index in [1.165, 1.54) is 42.1 Å². The van der Waals surface area contributed by atoms with Gasteiger partial charge in [0, 0.05) is 64.1 Å². The fraction of sp³-hybridized carbons (Fsp3) is 0. The molecule has 5 nitrogen and oxygen atoms in total. The van der Waals surface area contributed by atoms with Crippen LogP contribution in [-0.2, 0) is 0 Å². The molecule has 10 aromatic carbocycles. The van der Waals surface area contributed by atoms with Crippen molar-refractivity contribution in [2.45, 2.75) is 0 Å². The second kappa shape index (κ2) is 14.9. The third-order valence-electron chi connectivity index (χ3n) is 13.4. The molecule has 0 radical (unpaired) electrons. The molecule has 0 saturated heterocycles. The van der Waals surface area contributed by atoms with Crippen molar-refractivity contribution in [1.29, 1.82) is 0 Å². The summed E-state index contributed by atoms with van der Waals surface area (Å²) in [5, 5.41) is 9.29. The summed E-state index contributed by atoms with van der Waals surface area (Å²) in [6.07, 6.45) is 0. The van der Waals surface area contributed by atoms with Crippen LogP contribution in [0.4, 0.5) is 0 Å². The Morgan fingerprint density at radius 2 is 0.925 bits per heavy atom. The highest BCUT2D eigenvalue weighted by atomic mass is 32.1. The molecule has 0 atom stereocenters. The molecule has 0 amide bonds. The van der Waals surface area contributed by atoms with Gasteiger partial charge in [0.25, 0.3) is 0 Å². The number of hydrogen-bond acceptors (Lipinski definition) is 4. The average molecular weight is 872 g/mol. The molecule has 0 aliphatic carbocycles. The standard InChI is InChI=1S/C61H37N5S/c1-2-16-38(17-3-1)41-20-12-21-43(37-41)65-50-28-9-6-22-44(50)45-25-13-31-53(58(45)65)66-51-29-10-7-23-46(51)56-48(26-14-30-52(56)66)60-62-59(42-35-34-39-18-4-5-19-40(39)36-42)63-61(64-60)49-27-15-33-55-57(49)47-24-8-11-32-54(47)67-55/h1-37H. The number of nitrogens with zero attached hydrogens (tertiary/aromatic N) is 5. The second-order valence-corrected chi connectivity index (χ2v) is 18.2. The maximum atomic E-state index is 5.47. The third kappa shape index (κ3) is 5.90. The largest absolute Gasteiger partial charge is 0.307 e. The number of benzene rings is 10. The number of aromatic nitrogens is 5. The van der Waals surface area contributed by atoms with E-state index in [2.05, 4.69) is 234 Å². The molecule has 0 fully saturated rings. The second-order valence-electron chi connectivity index (χ2n) is 17.1. The molecule has 0 unspecified atom stereocenters. The van der Waals surface area contributed by atoms with Crippen LogP contribution in [0, 0.1) is 0 Å². The van der Waals surface area contributed by atoms with E-state index in [1.54, 1.807) is 11.3 Å². The first-order valence-corrected chi connectivity index (χ1v) is 23.4. The molecule has 312 valence electrons. The first kappa shape index (κ1) is 37.6. The van der Waals surface area contributed by atoms with E-state index < -0.39 is 0 Å². The summed E-state index contributed by atoms with van der Waals surface area (Å²) >= 11 is 1.80. The Labute approximate surface area is 389 Å². The molecule has 6 heteroatoms. The lowest BCUT2D eigenvalue weighted by Crippen LogP contribution is -2.02. The lowest BCUT2D eigenvalue weighted by molar-refractivity contribution is 1.08. The quantitative estimate of drug-likeness (QED) is 0.167. The highest BCUT2D eigenvalue weighted by molar-refractivity contribution is 7.25. The Morgan fingerprint density at radius 3 is 1.78 bits per heavy atom. The molecule has 4 aromatic heterocycles. The highest BCUT2D eigenvalue weighted by Crippen LogP contribution is 2.44. The number of para-hydroxylation sites is 3. The minimum atomic E-state index is 0.628. The van der Waals surface area contributed by atoms with Crippen molar-refractivity contribution in [3.05, 3.63) is 224 Å². The van der Waals surface area contributed by atoms with Gasteiger partial charge in [0.1, 0.15) is 0 Å². The van der Waals surface area contributed by atoms with E-state index in [9.17, 15) is 0 Å². The zero-order valence-corrected chi connectivity index (χ0v) is 36.8. The number of rotatable bonds is 6. The zero-order valence-electron chi connectivity index (χ0n) is 36.0. The summed E-state index contributed by atoms with van der Waals surface area (Å²) in [4.78, 5) is 16.2. The van der Waals surface area contributed by atoms with E-state index in [0.717, 1.165) is 71.7 Å². The predicted molar refractivity (Wildman–Crippen MR) is 281 cm³/mol. The van der Waals surface area contributed by atoms with Gasteiger partial charge in [-0.25, -0.2) is 15.0 Å². The van der Waals surface area contributed by atoms with Crippen molar-refractivity contribution in [2.75, 3.05) is 0 Å². The summed E-state index contributed by atoms with van der Waals surface area (Å²) in [7, 11) is 0. The van der Waals surface area contributed by atoms with Crippen LogP contribution in [0.25, 0.3) is 131 Å². The minimum Gasteiger partial charge on any atom is -0.307 e. The van der Waals surface area contributed by atoms with Crippen LogP contribution >= 0.6 is 11.3 Å². The molecule has 0 aliphatic heterocycles. The highest BCUT2D eigenvalue weighted by Gasteiger charge is 2.24. The molecule has 0 spiro atoms. The lowest BCUT2D eigenvalue weighted by Gasteiger charge is -2.15. The van der Waals surface area contributed by atoms with Crippen molar-refractivity contribution >= 4 is 85.9 Å². The van der Waals surface area contributed by atoms with E-state index in [1.807, 2.05) is 0 Å². The van der Waals surface area contributed by atoms with Crippen LogP contribution in [0.15, 0.2) is 224 Å². The predicted octanol–water partition coefficient (Wildman–Crippen LogP) is 16.3. The number of thiophene rings is 1. The van der Waals surface area contributed by atoms with Gasteiger partial charge in [-0.1, -0.05) is 170 Å². The fourth-order valence-corrected chi connectivity index (χ4v) is 11.5. The lowest BCUT2D eigenvalue weighted by atomic mass is 10.0. The molecule has 14 rings (SSSR count). The van der Waals surface area contributed by atoms with Crippen molar-refractivity contribution in [1.82, 2.24) is 24.1 Å². The van der Waals surface area contributed by atoms with E-state index >= 15 is 0 Å². The first-order chi connectivity index (χ1) is 33.2. The maximum absolute atomic E-state index is 5.47. The third-order valence-corrected chi connectivity index (χ3v) is 14.5. The van der Waals surface area contributed by atoms with Gasteiger partial charge >= 0.3 is 0 Å². The van der Waals surface area contributed by atoms with Crippen LogP contribution in [0.1, 0.15) is 0 Å². The Bertz CT molecular complexity index is 4290. The van der Waals surface area contributed by atoms with E-state index in [0.29, 0.717) is 17.5 Å². The molecule has 4 heterocycles. The summed E-state index contributed by atoms with van der Waals surface area (Å²) in [5.41, 5.74) is 11.9. The average Bonchev–Trinajstić information content (AvgIpc) is 4.07. The van der Waals surface area contributed by atoms with Crippen LogP contribution in [0.3, 0.4) is 0 Å². The SMILES string of the molecule is c1ccc(-c2cccc(-n3c4ccccc4c4cccc(-n5c6ccccc6c6c(-c7nc(-c8ccc9ccccc9c8)nc(-c8cccc9sc%10ccccc%10c89)n7)cccc65)c43)c2)cc1. The van der Waals surface area contributed by atoms with Crippen LogP contribution in [0.5, 0.6) is 0 Å². The molecule has 0 aliphatic rings. The monoisotopic (exact) mass is 871 g/mol. The van der Waals surface area contributed by atoms with Gasteiger partial charge in [0.15, 0.2) is 17.5 Å². The van der Waals surface area contributed by atoms with Crippen molar-refractivity contribution in [3.63, 3.8) is 0 Å². The van der Waals surface area contributed by atoms with Crippen LogP contribution in [0.2, 0.25) is 0 Å². The minimum absolute atomic E-state index is 0.628. The van der Waals surface area contributed by atoms with Crippen molar-refractivity contribution in [2.24, 2.45) is 0 Å². The summed E-state index contributed by atoms with van der Waals surface area (Å²) < 4.78 is 7.33. The van der Waals surface area contributed by atoms with Crippen molar-refractivity contribution < 1.29 is 0 Å². The molecule has 14 aromatic rings. The molecular weight excluding hydrogens is 835 g/mol. The van der Waals surface area contributed by atoms with Gasteiger partial charge in [-0.05, 0) is 76.5 Å². The Kier molecular flexibility index (Phi) is 8.38. The number of fused-ring (bicyclic) bond motifs is 10.